The Bertz CT molecular complexity index is 495. The molecule has 3 heteroatoms. The van der Waals surface area contributed by atoms with Crippen LogP contribution in [0.15, 0.2) is 16.3 Å². The van der Waals surface area contributed by atoms with Gasteiger partial charge in [-0.15, -0.1) is 0 Å². The summed E-state index contributed by atoms with van der Waals surface area (Å²) in [6.45, 7) is 7.27. The SMILES string of the molecule is CC1(C)CC2=C(C1)[C@](C)(O)C1(CC1)[C@@H]1CON=C21. The summed E-state index contributed by atoms with van der Waals surface area (Å²) in [4.78, 5) is 5.38. The van der Waals surface area contributed by atoms with E-state index >= 15 is 0 Å². The number of allylic oxidation sites excluding steroid dienone is 1. The van der Waals surface area contributed by atoms with Gasteiger partial charge >= 0.3 is 0 Å². The first-order valence-electron chi connectivity index (χ1n) is 7.03. The number of hydrogen-bond acceptors (Lipinski definition) is 3. The van der Waals surface area contributed by atoms with Crippen LogP contribution >= 0.6 is 0 Å². The molecule has 2 atom stereocenters. The number of oxime groups is 1. The molecular formula is C15H21NO2. The van der Waals surface area contributed by atoms with Gasteiger partial charge in [0, 0.05) is 5.41 Å². The van der Waals surface area contributed by atoms with Gasteiger partial charge in [-0.2, -0.15) is 0 Å². The highest BCUT2D eigenvalue weighted by Crippen LogP contribution is 2.68. The first kappa shape index (κ1) is 11.0. The largest absolute Gasteiger partial charge is 0.395 e. The predicted octanol–water partition coefficient (Wildman–Crippen LogP) is 2.65. The zero-order valence-corrected chi connectivity index (χ0v) is 11.4. The maximum atomic E-state index is 11.1. The van der Waals surface area contributed by atoms with Crippen LogP contribution in [0, 0.1) is 16.7 Å². The lowest BCUT2D eigenvalue weighted by atomic mass is 9.64. The van der Waals surface area contributed by atoms with Gasteiger partial charge in [0.05, 0.1) is 17.2 Å². The fraction of sp³-hybridized carbons (Fsp3) is 0.800. The first-order valence-corrected chi connectivity index (χ1v) is 7.03. The van der Waals surface area contributed by atoms with Crippen LogP contribution in [0.2, 0.25) is 0 Å². The van der Waals surface area contributed by atoms with E-state index in [0.717, 1.165) is 25.7 Å². The number of nitrogens with zero attached hydrogens (tertiary/aromatic N) is 1. The minimum absolute atomic E-state index is 0.0294. The van der Waals surface area contributed by atoms with Crippen LogP contribution in [0.25, 0.3) is 0 Å². The Morgan fingerprint density at radius 1 is 1.22 bits per heavy atom. The van der Waals surface area contributed by atoms with Gasteiger partial charge in [-0.3, -0.25) is 0 Å². The lowest BCUT2D eigenvalue weighted by molar-refractivity contribution is -0.0156. The molecule has 98 valence electrons. The molecule has 0 aromatic carbocycles. The second kappa shape index (κ2) is 2.84. The van der Waals surface area contributed by atoms with E-state index < -0.39 is 5.60 Å². The van der Waals surface area contributed by atoms with Crippen LogP contribution in [0.4, 0.5) is 0 Å². The summed E-state index contributed by atoms with van der Waals surface area (Å²) in [5.74, 6) is 0.333. The van der Waals surface area contributed by atoms with Crippen LogP contribution in [0.3, 0.4) is 0 Å². The molecule has 1 N–H and O–H groups in total. The number of rotatable bonds is 0. The summed E-state index contributed by atoms with van der Waals surface area (Å²) in [6, 6.07) is 0. The molecule has 0 bridgehead atoms. The zero-order chi connectivity index (χ0) is 12.8. The van der Waals surface area contributed by atoms with Gasteiger partial charge in [0.15, 0.2) is 0 Å². The van der Waals surface area contributed by atoms with E-state index in [1.807, 2.05) is 6.92 Å². The highest BCUT2D eigenvalue weighted by molar-refractivity contribution is 6.06. The molecule has 1 fully saturated rings. The van der Waals surface area contributed by atoms with Crippen molar-refractivity contribution in [2.24, 2.45) is 21.9 Å². The third-order valence-corrected chi connectivity index (χ3v) is 5.73. The standard InChI is InChI=1S/C15H21NO2/c1-13(2)6-9-10(7-13)14(3,17)15(4-5-15)11-8-18-16-12(9)11/h11,17H,4-8H2,1-3H3/t11-,14+/m1/s1. The van der Waals surface area contributed by atoms with E-state index in [4.69, 9.17) is 4.84 Å². The monoisotopic (exact) mass is 247 g/mol. The smallest absolute Gasteiger partial charge is 0.126 e. The van der Waals surface area contributed by atoms with E-state index in [-0.39, 0.29) is 10.8 Å². The minimum atomic E-state index is -0.645. The molecule has 0 saturated heterocycles. The number of hydrogen-bond donors (Lipinski definition) is 1. The van der Waals surface area contributed by atoms with Gasteiger partial charge in [-0.1, -0.05) is 19.0 Å². The average molecular weight is 247 g/mol. The van der Waals surface area contributed by atoms with Crippen LogP contribution in [0.5, 0.6) is 0 Å². The number of aliphatic hydroxyl groups is 1. The second-order valence-corrected chi connectivity index (χ2v) is 7.53. The van der Waals surface area contributed by atoms with Crippen molar-refractivity contribution < 1.29 is 9.94 Å². The Kier molecular flexibility index (Phi) is 1.74. The summed E-state index contributed by atoms with van der Waals surface area (Å²) in [5, 5.41) is 15.5. The molecule has 0 aromatic heterocycles. The Labute approximate surface area is 108 Å². The molecule has 18 heavy (non-hydrogen) atoms. The second-order valence-electron chi connectivity index (χ2n) is 7.53. The van der Waals surface area contributed by atoms with Crippen LogP contribution in [-0.4, -0.2) is 23.0 Å². The van der Waals surface area contributed by atoms with Crippen molar-refractivity contribution in [3.05, 3.63) is 11.1 Å². The Morgan fingerprint density at radius 3 is 2.61 bits per heavy atom. The van der Waals surface area contributed by atoms with Crippen molar-refractivity contribution in [3.8, 4) is 0 Å². The molecule has 0 radical (unpaired) electrons. The molecule has 1 aliphatic heterocycles. The molecule has 1 saturated carbocycles. The van der Waals surface area contributed by atoms with E-state index in [1.165, 1.54) is 16.9 Å². The molecule has 4 aliphatic rings. The van der Waals surface area contributed by atoms with Gasteiger partial charge in [0.25, 0.3) is 0 Å². The summed E-state index contributed by atoms with van der Waals surface area (Å²) in [6.07, 6.45) is 4.27. The minimum Gasteiger partial charge on any atom is -0.395 e. The quantitative estimate of drug-likeness (QED) is 0.715. The van der Waals surface area contributed by atoms with Gasteiger partial charge in [-0.25, -0.2) is 0 Å². The highest BCUT2D eigenvalue weighted by atomic mass is 16.6. The average Bonchev–Trinajstić information content (AvgIpc) is 2.80. The van der Waals surface area contributed by atoms with Gasteiger partial charge in [0.2, 0.25) is 0 Å². The zero-order valence-electron chi connectivity index (χ0n) is 11.4. The van der Waals surface area contributed by atoms with E-state index in [2.05, 4.69) is 19.0 Å². The summed E-state index contributed by atoms with van der Waals surface area (Å²) >= 11 is 0. The Hall–Kier alpha value is -0.830. The lowest BCUT2D eigenvalue weighted by Gasteiger charge is -2.43. The van der Waals surface area contributed by atoms with Crippen molar-refractivity contribution in [3.63, 3.8) is 0 Å². The molecule has 3 nitrogen and oxygen atoms in total. The van der Waals surface area contributed by atoms with Crippen molar-refractivity contribution in [2.45, 2.75) is 52.1 Å². The Balaban J connectivity index is 1.90. The first-order chi connectivity index (χ1) is 8.37. The van der Waals surface area contributed by atoms with Crippen molar-refractivity contribution in [1.29, 1.82) is 0 Å². The fourth-order valence-corrected chi connectivity index (χ4v) is 4.56. The predicted molar refractivity (Wildman–Crippen MR) is 69.2 cm³/mol. The van der Waals surface area contributed by atoms with Crippen LogP contribution in [-0.2, 0) is 4.84 Å². The van der Waals surface area contributed by atoms with Crippen LogP contribution in [0.1, 0.15) is 46.5 Å². The van der Waals surface area contributed by atoms with Gasteiger partial charge in [0.1, 0.15) is 6.61 Å². The molecule has 0 unspecified atom stereocenters. The molecule has 4 rings (SSSR count). The molecule has 3 aliphatic carbocycles. The van der Waals surface area contributed by atoms with Crippen molar-refractivity contribution >= 4 is 5.71 Å². The summed E-state index contributed by atoms with van der Waals surface area (Å²) in [5.41, 5.74) is 3.37. The van der Waals surface area contributed by atoms with Crippen molar-refractivity contribution in [2.75, 3.05) is 6.61 Å². The van der Waals surface area contributed by atoms with E-state index in [0.29, 0.717) is 12.5 Å². The van der Waals surface area contributed by atoms with E-state index in [1.54, 1.807) is 0 Å². The molecule has 0 amide bonds. The highest BCUT2D eigenvalue weighted by Gasteiger charge is 2.68. The van der Waals surface area contributed by atoms with Crippen molar-refractivity contribution in [1.82, 2.24) is 0 Å². The summed E-state index contributed by atoms with van der Waals surface area (Å²) < 4.78 is 0. The normalized spacial score (nSPS) is 42.4. The summed E-state index contributed by atoms with van der Waals surface area (Å²) in [7, 11) is 0. The fourth-order valence-electron chi connectivity index (χ4n) is 4.56. The third kappa shape index (κ3) is 1.08. The molecular weight excluding hydrogens is 226 g/mol. The number of fused-ring (bicyclic) bond motifs is 3. The third-order valence-electron chi connectivity index (χ3n) is 5.73. The van der Waals surface area contributed by atoms with Gasteiger partial charge < -0.3 is 9.94 Å². The van der Waals surface area contributed by atoms with E-state index in [9.17, 15) is 5.11 Å². The maximum absolute atomic E-state index is 11.1. The molecule has 0 aromatic rings. The molecule has 1 heterocycles. The lowest BCUT2D eigenvalue weighted by Crippen LogP contribution is -2.49. The Morgan fingerprint density at radius 2 is 1.94 bits per heavy atom. The molecule has 1 spiro atoms. The van der Waals surface area contributed by atoms with Crippen LogP contribution < -0.4 is 0 Å². The maximum Gasteiger partial charge on any atom is 0.126 e. The topological polar surface area (TPSA) is 41.8 Å². The van der Waals surface area contributed by atoms with Gasteiger partial charge in [-0.05, 0) is 49.2 Å².